The van der Waals surface area contributed by atoms with E-state index in [1.165, 1.54) is 19.3 Å². The van der Waals surface area contributed by atoms with Gasteiger partial charge in [0.15, 0.2) is 0 Å². The summed E-state index contributed by atoms with van der Waals surface area (Å²) in [6.45, 7) is 3.58. The van der Waals surface area contributed by atoms with Gasteiger partial charge in [0.25, 0.3) is 5.56 Å². The van der Waals surface area contributed by atoms with E-state index in [1.807, 2.05) is 4.57 Å². The van der Waals surface area contributed by atoms with E-state index in [9.17, 15) is 4.79 Å². The van der Waals surface area contributed by atoms with Crippen molar-refractivity contribution in [3.8, 4) is 0 Å². The standard InChI is InChI=1S/C17H19BrClN3O2/c18-14-9-12(19)8-13-15(14)20-17(21-4-6-24-7-5-21)22(16(13)23)10-11-2-1-3-11/h8-9,11H,1-7,10H2. The number of halogens is 2. The molecule has 2 heterocycles. The van der Waals surface area contributed by atoms with Gasteiger partial charge in [-0.1, -0.05) is 18.0 Å². The number of nitrogens with zero attached hydrogens (tertiary/aromatic N) is 3. The SMILES string of the molecule is O=c1c2cc(Cl)cc(Br)c2nc(N2CCOCC2)n1CC1CCC1. The molecule has 7 heteroatoms. The topological polar surface area (TPSA) is 47.4 Å². The normalized spacial score (nSPS) is 18.8. The van der Waals surface area contributed by atoms with Crippen LogP contribution < -0.4 is 10.5 Å². The molecule has 0 N–H and O–H groups in total. The van der Waals surface area contributed by atoms with Crippen molar-refractivity contribution in [1.82, 2.24) is 9.55 Å². The number of fused-ring (bicyclic) bond motifs is 1. The van der Waals surface area contributed by atoms with E-state index in [0.29, 0.717) is 35.1 Å². The molecule has 128 valence electrons. The Bertz CT molecular complexity index is 829. The summed E-state index contributed by atoms with van der Waals surface area (Å²) in [6, 6.07) is 3.51. The fourth-order valence-corrected chi connectivity index (χ4v) is 4.24. The van der Waals surface area contributed by atoms with E-state index in [-0.39, 0.29) is 5.56 Å². The van der Waals surface area contributed by atoms with Crippen molar-refractivity contribution in [3.05, 3.63) is 32.0 Å². The van der Waals surface area contributed by atoms with Crippen LogP contribution in [-0.2, 0) is 11.3 Å². The van der Waals surface area contributed by atoms with E-state index in [0.717, 1.165) is 30.1 Å². The first-order chi connectivity index (χ1) is 11.6. The third kappa shape index (κ3) is 2.95. The highest BCUT2D eigenvalue weighted by molar-refractivity contribution is 9.10. The lowest BCUT2D eigenvalue weighted by molar-refractivity contribution is 0.121. The number of morpholine rings is 1. The van der Waals surface area contributed by atoms with Gasteiger partial charge in [-0.05, 0) is 46.8 Å². The number of aromatic nitrogens is 2. The van der Waals surface area contributed by atoms with Gasteiger partial charge in [-0.15, -0.1) is 0 Å². The van der Waals surface area contributed by atoms with Crippen LogP contribution in [0.2, 0.25) is 5.02 Å². The van der Waals surface area contributed by atoms with Gasteiger partial charge in [-0.2, -0.15) is 0 Å². The smallest absolute Gasteiger partial charge is 0.262 e. The van der Waals surface area contributed by atoms with Gasteiger partial charge in [0, 0.05) is 29.1 Å². The van der Waals surface area contributed by atoms with Gasteiger partial charge in [0.05, 0.1) is 24.1 Å². The van der Waals surface area contributed by atoms with Gasteiger partial charge in [-0.3, -0.25) is 9.36 Å². The minimum absolute atomic E-state index is 0.00316. The summed E-state index contributed by atoms with van der Waals surface area (Å²) < 4.78 is 8.05. The molecular weight excluding hydrogens is 394 g/mol. The lowest BCUT2D eigenvalue weighted by Gasteiger charge is -2.32. The maximum atomic E-state index is 13.2. The van der Waals surface area contributed by atoms with Crippen LogP contribution in [0.25, 0.3) is 10.9 Å². The van der Waals surface area contributed by atoms with E-state index >= 15 is 0 Å². The van der Waals surface area contributed by atoms with Gasteiger partial charge >= 0.3 is 0 Å². The van der Waals surface area contributed by atoms with Crippen molar-refractivity contribution in [2.24, 2.45) is 5.92 Å². The second-order valence-corrected chi connectivity index (χ2v) is 7.80. The molecule has 1 aliphatic heterocycles. The Morgan fingerprint density at radius 3 is 2.71 bits per heavy atom. The Morgan fingerprint density at radius 2 is 2.04 bits per heavy atom. The molecule has 24 heavy (non-hydrogen) atoms. The predicted molar refractivity (Wildman–Crippen MR) is 99.1 cm³/mol. The van der Waals surface area contributed by atoms with Gasteiger partial charge in [-0.25, -0.2) is 4.98 Å². The summed E-state index contributed by atoms with van der Waals surface area (Å²) in [5, 5.41) is 1.12. The molecule has 1 aliphatic carbocycles. The van der Waals surface area contributed by atoms with E-state index in [1.54, 1.807) is 12.1 Å². The molecule has 1 aromatic carbocycles. The van der Waals surface area contributed by atoms with Crippen LogP contribution in [0.5, 0.6) is 0 Å². The van der Waals surface area contributed by atoms with E-state index < -0.39 is 0 Å². The Kier molecular flexibility index (Phi) is 4.54. The monoisotopic (exact) mass is 411 g/mol. The maximum absolute atomic E-state index is 13.2. The highest BCUT2D eigenvalue weighted by Gasteiger charge is 2.25. The van der Waals surface area contributed by atoms with Crippen LogP contribution in [0, 0.1) is 5.92 Å². The zero-order valence-corrected chi connectivity index (χ0v) is 15.6. The van der Waals surface area contributed by atoms with E-state index in [4.69, 9.17) is 21.3 Å². The molecule has 0 unspecified atom stereocenters. The van der Waals surface area contributed by atoms with Crippen LogP contribution in [0.1, 0.15) is 19.3 Å². The number of hydrogen-bond acceptors (Lipinski definition) is 4. The molecule has 1 saturated heterocycles. The molecular formula is C17H19BrClN3O2. The minimum atomic E-state index is -0.00316. The summed E-state index contributed by atoms with van der Waals surface area (Å²) in [6.07, 6.45) is 3.63. The zero-order chi connectivity index (χ0) is 16.7. The molecule has 4 rings (SSSR count). The van der Waals surface area contributed by atoms with Crippen molar-refractivity contribution in [3.63, 3.8) is 0 Å². The maximum Gasteiger partial charge on any atom is 0.262 e. The largest absolute Gasteiger partial charge is 0.378 e. The van der Waals surface area contributed by atoms with Crippen molar-refractivity contribution in [2.45, 2.75) is 25.8 Å². The molecule has 0 atom stereocenters. The third-order valence-corrected chi connectivity index (χ3v) is 5.74. The van der Waals surface area contributed by atoms with Crippen LogP contribution in [0.3, 0.4) is 0 Å². The zero-order valence-electron chi connectivity index (χ0n) is 13.3. The number of rotatable bonds is 3. The Morgan fingerprint density at radius 1 is 1.29 bits per heavy atom. The second-order valence-electron chi connectivity index (χ2n) is 6.51. The van der Waals surface area contributed by atoms with Gasteiger partial charge in [0.2, 0.25) is 5.95 Å². The van der Waals surface area contributed by atoms with E-state index in [2.05, 4.69) is 20.8 Å². The van der Waals surface area contributed by atoms with Gasteiger partial charge < -0.3 is 9.64 Å². The Labute approximate surface area is 153 Å². The predicted octanol–water partition coefficient (Wildman–Crippen LogP) is 3.45. The number of ether oxygens (including phenoxy) is 1. The van der Waals surface area contributed by atoms with Crippen LogP contribution in [0.4, 0.5) is 5.95 Å². The van der Waals surface area contributed by atoms with Crippen LogP contribution in [-0.4, -0.2) is 35.9 Å². The van der Waals surface area contributed by atoms with Crippen molar-refractivity contribution in [1.29, 1.82) is 0 Å². The van der Waals surface area contributed by atoms with Crippen molar-refractivity contribution >= 4 is 44.4 Å². The second kappa shape index (κ2) is 6.65. The summed E-state index contributed by atoms with van der Waals surface area (Å²) in [4.78, 5) is 20.2. The molecule has 2 aromatic rings. The molecule has 0 amide bonds. The summed E-state index contributed by atoms with van der Waals surface area (Å²) in [7, 11) is 0. The van der Waals surface area contributed by atoms with Gasteiger partial charge in [0.1, 0.15) is 0 Å². The molecule has 0 radical (unpaired) electrons. The molecule has 1 aromatic heterocycles. The molecule has 0 bridgehead atoms. The first-order valence-electron chi connectivity index (χ1n) is 8.36. The summed E-state index contributed by atoms with van der Waals surface area (Å²) in [5.74, 6) is 1.33. The summed E-state index contributed by atoms with van der Waals surface area (Å²) in [5.41, 5.74) is 0.673. The molecule has 5 nitrogen and oxygen atoms in total. The number of benzene rings is 1. The quantitative estimate of drug-likeness (QED) is 0.775. The lowest BCUT2D eigenvalue weighted by Crippen LogP contribution is -2.41. The average molecular weight is 413 g/mol. The fourth-order valence-electron chi connectivity index (χ4n) is 3.34. The highest BCUT2D eigenvalue weighted by atomic mass is 79.9. The molecule has 2 fully saturated rings. The number of anilines is 1. The minimum Gasteiger partial charge on any atom is -0.378 e. The van der Waals surface area contributed by atoms with Crippen LogP contribution >= 0.6 is 27.5 Å². The highest BCUT2D eigenvalue weighted by Crippen LogP contribution is 2.31. The van der Waals surface area contributed by atoms with Crippen LogP contribution in [0.15, 0.2) is 21.4 Å². The molecule has 2 aliphatic rings. The first-order valence-corrected chi connectivity index (χ1v) is 9.53. The average Bonchev–Trinajstić information content (AvgIpc) is 2.53. The first kappa shape index (κ1) is 16.4. The Hall–Kier alpha value is -1.11. The number of hydrogen-bond donors (Lipinski definition) is 0. The van der Waals surface area contributed by atoms with Crippen molar-refractivity contribution in [2.75, 3.05) is 31.2 Å². The Balaban J connectivity index is 1.89. The molecule has 0 spiro atoms. The molecule has 1 saturated carbocycles. The van der Waals surface area contributed by atoms with Crippen molar-refractivity contribution < 1.29 is 4.74 Å². The lowest BCUT2D eigenvalue weighted by atomic mass is 9.85. The fraction of sp³-hybridized carbons (Fsp3) is 0.529. The third-order valence-electron chi connectivity index (χ3n) is 4.92. The summed E-state index contributed by atoms with van der Waals surface area (Å²) >= 11 is 9.65.